The van der Waals surface area contributed by atoms with Gasteiger partial charge in [0.15, 0.2) is 5.78 Å². The fourth-order valence-electron chi connectivity index (χ4n) is 3.50. The van der Waals surface area contributed by atoms with Crippen LogP contribution in [0.15, 0.2) is 47.0 Å². The Morgan fingerprint density at radius 1 is 1.00 bits per heavy atom. The van der Waals surface area contributed by atoms with Crippen LogP contribution in [0.4, 0.5) is 17.6 Å². The highest BCUT2D eigenvalue weighted by Gasteiger charge is 2.33. The summed E-state index contributed by atoms with van der Waals surface area (Å²) in [7, 11) is 0. The Kier molecular flexibility index (Phi) is 16.3. The lowest BCUT2D eigenvalue weighted by Gasteiger charge is -2.28. The molecule has 3 N–H and O–H groups in total. The minimum Gasteiger partial charge on any atom is -0.345 e. The molecule has 234 valence electrons. The summed E-state index contributed by atoms with van der Waals surface area (Å²) in [4.78, 5) is 54.9. The van der Waals surface area contributed by atoms with Crippen LogP contribution in [0.3, 0.4) is 0 Å². The van der Waals surface area contributed by atoms with Gasteiger partial charge in [-0.2, -0.15) is 8.78 Å². The van der Waals surface area contributed by atoms with Gasteiger partial charge in [-0.25, -0.2) is 8.78 Å². The van der Waals surface area contributed by atoms with E-state index >= 15 is 0 Å². The van der Waals surface area contributed by atoms with Crippen molar-refractivity contribution in [2.24, 2.45) is 10.4 Å². The molecule has 0 aliphatic carbocycles. The summed E-state index contributed by atoms with van der Waals surface area (Å²) in [6, 6.07) is 6.87. The van der Waals surface area contributed by atoms with E-state index in [4.69, 9.17) is 0 Å². The number of Topliss-reactive ketones (excluding diaryl/α,β-unsaturated/α-hetero) is 1. The van der Waals surface area contributed by atoms with Crippen LogP contribution in [0, 0.1) is 5.41 Å². The van der Waals surface area contributed by atoms with Crippen LogP contribution in [-0.4, -0.2) is 74.5 Å². The summed E-state index contributed by atoms with van der Waals surface area (Å²) >= 11 is 0. The van der Waals surface area contributed by atoms with Crippen molar-refractivity contribution >= 4 is 29.7 Å². The lowest BCUT2D eigenvalue weighted by molar-refractivity contribution is -0.146. The molecule has 1 aromatic rings. The Labute approximate surface area is 243 Å². The van der Waals surface area contributed by atoms with Gasteiger partial charge in [-0.15, -0.1) is 0 Å². The smallest absolute Gasteiger partial charge is 0.345 e. The molecule has 2 rings (SSSR count). The predicted molar refractivity (Wildman–Crippen MR) is 150 cm³/mol. The quantitative estimate of drug-likeness (QED) is 0.265. The van der Waals surface area contributed by atoms with Crippen LogP contribution in [0.25, 0.3) is 0 Å². The summed E-state index contributed by atoms with van der Waals surface area (Å²) in [5.41, 5.74) is 0.360. The number of alkyl halides is 4. The highest BCUT2D eigenvalue weighted by atomic mass is 19.3. The number of ketones is 1. The molecule has 2 unspecified atom stereocenters. The standard InChI is InChI=1S/C26H34F2N4O5.C3H6F2/c1-4-26(2,3)22(34)19(13-17-9-6-5-7-10-17)31-21(33)15-30-24(36)20(16-37-25(27)28)32-23(35)18-11-8-12-29-14-18;1-2-3(4)5/h5-7,9-11,14,19-20,25H,4,8,12-13,15-16H2,1-3H3,(H,30,36)(H,31,33)(H,32,35);3H,2H2,1H3. The first-order valence-corrected chi connectivity index (χ1v) is 13.6. The molecule has 0 aromatic heterocycles. The van der Waals surface area contributed by atoms with E-state index in [0.717, 1.165) is 5.56 Å². The van der Waals surface area contributed by atoms with Gasteiger partial charge in [0.2, 0.25) is 18.2 Å². The fourth-order valence-corrected chi connectivity index (χ4v) is 3.50. The maximum absolute atomic E-state index is 13.1. The predicted octanol–water partition coefficient (Wildman–Crippen LogP) is 3.62. The van der Waals surface area contributed by atoms with E-state index in [9.17, 15) is 36.7 Å². The molecule has 13 heteroatoms. The highest BCUT2D eigenvalue weighted by molar-refractivity contribution is 6.13. The molecule has 1 aromatic carbocycles. The molecule has 1 aliphatic heterocycles. The van der Waals surface area contributed by atoms with Gasteiger partial charge in [0.25, 0.3) is 5.91 Å². The average molecular weight is 601 g/mol. The minimum atomic E-state index is -3.15. The topological polar surface area (TPSA) is 126 Å². The number of nitrogens with zero attached hydrogens (tertiary/aromatic N) is 1. The van der Waals surface area contributed by atoms with Crippen LogP contribution < -0.4 is 16.0 Å². The number of carbonyl (C=O) groups excluding carboxylic acids is 4. The van der Waals surface area contributed by atoms with Crippen molar-refractivity contribution in [3.63, 3.8) is 0 Å². The van der Waals surface area contributed by atoms with E-state index in [1.54, 1.807) is 19.9 Å². The molecule has 1 aliphatic rings. The van der Waals surface area contributed by atoms with Gasteiger partial charge in [-0.1, -0.05) is 64.1 Å². The normalized spacial score (nSPS) is 14.3. The van der Waals surface area contributed by atoms with Gasteiger partial charge in [-0.05, 0) is 24.8 Å². The van der Waals surface area contributed by atoms with E-state index in [0.29, 0.717) is 19.4 Å². The van der Waals surface area contributed by atoms with Crippen molar-refractivity contribution in [3.05, 3.63) is 47.5 Å². The van der Waals surface area contributed by atoms with E-state index in [2.05, 4.69) is 25.7 Å². The lowest BCUT2D eigenvalue weighted by atomic mass is 9.80. The van der Waals surface area contributed by atoms with Crippen LogP contribution in [0.1, 0.15) is 52.5 Å². The van der Waals surface area contributed by atoms with Crippen molar-refractivity contribution in [3.8, 4) is 0 Å². The number of ether oxygens (including phenoxy) is 1. The number of hydrogen-bond acceptors (Lipinski definition) is 6. The van der Waals surface area contributed by atoms with Crippen LogP contribution >= 0.6 is 0 Å². The lowest BCUT2D eigenvalue weighted by Crippen LogP contribution is -2.54. The number of rotatable bonds is 15. The van der Waals surface area contributed by atoms with Crippen molar-refractivity contribution in [1.29, 1.82) is 0 Å². The summed E-state index contributed by atoms with van der Waals surface area (Å²) in [6.45, 7) is 2.95. The van der Waals surface area contributed by atoms with Crippen LogP contribution in [0.2, 0.25) is 0 Å². The Morgan fingerprint density at radius 2 is 1.64 bits per heavy atom. The molecular weight excluding hydrogens is 560 g/mol. The number of dihydropyridines is 1. The summed E-state index contributed by atoms with van der Waals surface area (Å²) in [5, 5.41) is 7.32. The first-order chi connectivity index (χ1) is 19.8. The number of carbonyl (C=O) groups is 4. The molecule has 0 spiro atoms. The maximum atomic E-state index is 13.1. The Morgan fingerprint density at radius 3 is 2.17 bits per heavy atom. The van der Waals surface area contributed by atoms with Crippen molar-refractivity contribution in [2.45, 2.75) is 78.5 Å². The van der Waals surface area contributed by atoms with Crippen LogP contribution in [-0.2, 0) is 30.3 Å². The molecule has 2 atom stereocenters. The molecule has 42 heavy (non-hydrogen) atoms. The molecule has 1 heterocycles. The van der Waals surface area contributed by atoms with Crippen LogP contribution in [0.5, 0.6) is 0 Å². The molecule has 9 nitrogen and oxygen atoms in total. The van der Waals surface area contributed by atoms with Gasteiger partial charge < -0.3 is 20.7 Å². The fraction of sp³-hybridized carbons (Fsp3) is 0.552. The molecule has 0 saturated heterocycles. The average Bonchev–Trinajstić information content (AvgIpc) is 2.98. The minimum absolute atomic E-state index is 0.0278. The summed E-state index contributed by atoms with van der Waals surface area (Å²) in [6.07, 6.45) is 2.16. The second kappa shape index (κ2) is 18.7. The van der Waals surface area contributed by atoms with Gasteiger partial charge >= 0.3 is 6.61 Å². The molecule has 0 saturated carbocycles. The SMILES string of the molecule is CCC(C)(C)C(=O)C(Cc1ccccc1)NC(=O)CNC(=O)C(COC(F)F)NC(=O)C1=CCCN=C1.CCC(F)F. The Bertz CT molecular complexity index is 1080. The van der Waals surface area contributed by atoms with E-state index < -0.39 is 61.4 Å². The zero-order valence-corrected chi connectivity index (χ0v) is 24.3. The Hall–Kier alpha value is -3.61. The number of nitrogens with one attached hydrogen (secondary N) is 3. The number of benzene rings is 1. The molecule has 0 radical (unpaired) electrons. The summed E-state index contributed by atoms with van der Waals surface area (Å²) in [5.74, 6) is -2.37. The number of amides is 3. The van der Waals surface area contributed by atoms with Gasteiger partial charge in [0.1, 0.15) is 6.04 Å². The number of halogens is 4. The van der Waals surface area contributed by atoms with Crippen molar-refractivity contribution in [2.75, 3.05) is 19.7 Å². The third-order valence-corrected chi connectivity index (χ3v) is 6.34. The number of hydrogen-bond donors (Lipinski definition) is 3. The third kappa shape index (κ3) is 13.8. The third-order valence-electron chi connectivity index (χ3n) is 6.34. The van der Waals surface area contributed by atoms with Gasteiger partial charge in [0, 0.05) is 24.6 Å². The van der Waals surface area contributed by atoms with Gasteiger partial charge in [-0.3, -0.25) is 24.2 Å². The zero-order chi connectivity index (χ0) is 31.7. The van der Waals surface area contributed by atoms with E-state index in [-0.39, 0.29) is 24.2 Å². The molecule has 0 fully saturated rings. The first-order valence-electron chi connectivity index (χ1n) is 13.6. The van der Waals surface area contributed by atoms with E-state index in [1.807, 2.05) is 37.3 Å². The number of aliphatic imine (C=N–C) groups is 1. The highest BCUT2D eigenvalue weighted by Crippen LogP contribution is 2.24. The summed E-state index contributed by atoms with van der Waals surface area (Å²) < 4.78 is 50.9. The second-order valence-corrected chi connectivity index (χ2v) is 10.0. The van der Waals surface area contributed by atoms with E-state index in [1.165, 1.54) is 13.1 Å². The Balaban J connectivity index is 0.00000162. The molecule has 3 amide bonds. The van der Waals surface area contributed by atoms with Crippen molar-refractivity contribution < 1.29 is 41.5 Å². The maximum Gasteiger partial charge on any atom is 0.345 e. The largest absolute Gasteiger partial charge is 0.345 e. The molecule has 0 bridgehead atoms. The molecular formula is C29H40F4N4O5. The second-order valence-electron chi connectivity index (χ2n) is 10.0. The zero-order valence-electron chi connectivity index (χ0n) is 24.3. The van der Waals surface area contributed by atoms with Crippen molar-refractivity contribution in [1.82, 2.24) is 16.0 Å². The monoisotopic (exact) mass is 600 g/mol. The van der Waals surface area contributed by atoms with Gasteiger partial charge in [0.05, 0.1) is 24.8 Å². The first kappa shape index (κ1) is 36.4.